The van der Waals surface area contributed by atoms with Gasteiger partial charge in [-0.1, -0.05) is 41.4 Å². The maximum atomic E-state index is 12.5. The summed E-state index contributed by atoms with van der Waals surface area (Å²) in [5.41, 5.74) is 2.53. The van der Waals surface area contributed by atoms with E-state index < -0.39 is 10.0 Å². The number of sulfonamides is 1. The van der Waals surface area contributed by atoms with Gasteiger partial charge in [0.2, 0.25) is 15.9 Å². The Morgan fingerprint density at radius 2 is 1.60 bits per heavy atom. The number of likely N-dealkylation sites (N-methyl/N-ethyl adjacent to an activating group) is 1. The van der Waals surface area contributed by atoms with Crippen molar-refractivity contribution in [3.05, 3.63) is 64.7 Å². The minimum absolute atomic E-state index is 0.261. The van der Waals surface area contributed by atoms with E-state index in [0.29, 0.717) is 17.3 Å². The number of hydrogen-bond donors (Lipinski definition) is 0. The van der Waals surface area contributed by atoms with E-state index in [1.807, 2.05) is 31.2 Å². The molecule has 5 nitrogen and oxygen atoms in total. The van der Waals surface area contributed by atoms with Crippen molar-refractivity contribution in [1.82, 2.24) is 4.90 Å². The second kappa shape index (κ2) is 7.89. The first-order chi connectivity index (χ1) is 11.7. The fourth-order valence-corrected chi connectivity index (χ4v) is 3.28. The van der Waals surface area contributed by atoms with Crippen molar-refractivity contribution in [1.29, 1.82) is 0 Å². The molecule has 0 unspecified atom stereocenters. The lowest BCUT2D eigenvalue weighted by Crippen LogP contribution is -2.41. The van der Waals surface area contributed by atoms with E-state index in [2.05, 4.69) is 0 Å². The zero-order valence-electron chi connectivity index (χ0n) is 14.4. The van der Waals surface area contributed by atoms with Crippen molar-refractivity contribution in [3.63, 3.8) is 0 Å². The molecule has 0 spiro atoms. The molecule has 0 aliphatic rings. The van der Waals surface area contributed by atoms with Crippen LogP contribution in [0.25, 0.3) is 0 Å². The third-order valence-corrected chi connectivity index (χ3v) is 5.15. The molecule has 0 bridgehead atoms. The number of benzene rings is 2. The van der Waals surface area contributed by atoms with Crippen molar-refractivity contribution in [2.45, 2.75) is 13.5 Å². The molecule has 25 heavy (non-hydrogen) atoms. The molecule has 0 aliphatic carbocycles. The van der Waals surface area contributed by atoms with E-state index >= 15 is 0 Å². The third kappa shape index (κ3) is 5.47. The molecule has 0 aromatic heterocycles. The molecule has 0 radical (unpaired) electrons. The van der Waals surface area contributed by atoms with Crippen LogP contribution in [0.1, 0.15) is 11.1 Å². The van der Waals surface area contributed by atoms with Crippen LogP contribution < -0.4 is 4.31 Å². The van der Waals surface area contributed by atoms with Gasteiger partial charge in [-0.15, -0.1) is 0 Å². The molecule has 2 rings (SSSR count). The first-order valence-corrected chi connectivity index (χ1v) is 9.92. The zero-order valence-corrected chi connectivity index (χ0v) is 16.0. The Hall–Kier alpha value is -2.05. The van der Waals surface area contributed by atoms with Crippen LogP contribution in [0, 0.1) is 6.92 Å². The lowest BCUT2D eigenvalue weighted by Gasteiger charge is -2.25. The highest BCUT2D eigenvalue weighted by molar-refractivity contribution is 7.92. The predicted molar refractivity (Wildman–Crippen MR) is 101 cm³/mol. The van der Waals surface area contributed by atoms with Crippen LogP contribution in [0.5, 0.6) is 0 Å². The maximum Gasteiger partial charge on any atom is 0.243 e. The smallest absolute Gasteiger partial charge is 0.243 e. The Bertz CT molecular complexity index is 834. The molecule has 2 aromatic rings. The van der Waals surface area contributed by atoms with Crippen molar-refractivity contribution in [2.75, 3.05) is 24.2 Å². The van der Waals surface area contributed by atoms with Crippen molar-refractivity contribution in [3.8, 4) is 0 Å². The standard InChI is InChI=1S/C18H21ClN2O3S/c1-14-4-6-15(7-5-14)12-20(2)18(22)13-21(25(3,23)24)17-10-8-16(19)9-11-17/h4-11H,12-13H2,1-3H3. The molecule has 0 N–H and O–H groups in total. The molecule has 0 heterocycles. The van der Waals surface area contributed by atoms with Gasteiger partial charge in [0.1, 0.15) is 6.54 Å². The van der Waals surface area contributed by atoms with E-state index in [1.165, 1.54) is 4.90 Å². The molecule has 2 aromatic carbocycles. The van der Waals surface area contributed by atoms with Gasteiger partial charge in [0, 0.05) is 18.6 Å². The number of halogens is 1. The second-order valence-corrected chi connectivity index (χ2v) is 8.32. The summed E-state index contributed by atoms with van der Waals surface area (Å²) < 4.78 is 25.3. The molecule has 0 atom stereocenters. The normalized spacial score (nSPS) is 11.2. The Morgan fingerprint density at radius 3 is 2.12 bits per heavy atom. The van der Waals surface area contributed by atoms with Gasteiger partial charge in [-0.3, -0.25) is 9.10 Å². The fraction of sp³-hybridized carbons (Fsp3) is 0.278. The summed E-state index contributed by atoms with van der Waals surface area (Å²) in [4.78, 5) is 14.0. The Morgan fingerprint density at radius 1 is 1.04 bits per heavy atom. The summed E-state index contributed by atoms with van der Waals surface area (Å²) >= 11 is 5.85. The highest BCUT2D eigenvalue weighted by Gasteiger charge is 2.22. The highest BCUT2D eigenvalue weighted by Crippen LogP contribution is 2.20. The number of amides is 1. The summed E-state index contributed by atoms with van der Waals surface area (Å²) in [6, 6.07) is 14.2. The lowest BCUT2D eigenvalue weighted by molar-refractivity contribution is -0.128. The van der Waals surface area contributed by atoms with Crippen LogP contribution in [-0.4, -0.2) is 39.1 Å². The fourth-order valence-electron chi connectivity index (χ4n) is 2.31. The maximum absolute atomic E-state index is 12.5. The minimum atomic E-state index is -3.60. The summed E-state index contributed by atoms with van der Waals surface area (Å²) in [7, 11) is -1.94. The number of rotatable bonds is 6. The van der Waals surface area contributed by atoms with Gasteiger partial charge in [-0.05, 0) is 36.8 Å². The van der Waals surface area contributed by atoms with Gasteiger partial charge in [-0.25, -0.2) is 8.42 Å². The van der Waals surface area contributed by atoms with Crippen LogP contribution in [0.15, 0.2) is 48.5 Å². The average Bonchev–Trinajstić information content (AvgIpc) is 2.54. The molecule has 0 saturated carbocycles. The molecule has 7 heteroatoms. The quantitative estimate of drug-likeness (QED) is 0.773. The predicted octanol–water partition coefficient (Wildman–Crippen LogP) is 3.07. The van der Waals surface area contributed by atoms with Crippen LogP contribution >= 0.6 is 11.6 Å². The average molecular weight is 381 g/mol. The van der Waals surface area contributed by atoms with Gasteiger partial charge in [0.25, 0.3) is 0 Å². The first kappa shape index (κ1) is 19.3. The van der Waals surface area contributed by atoms with E-state index in [0.717, 1.165) is 21.7 Å². The summed E-state index contributed by atoms with van der Waals surface area (Å²) in [5, 5.41) is 0.500. The van der Waals surface area contributed by atoms with Crippen LogP contribution in [0.3, 0.4) is 0 Å². The van der Waals surface area contributed by atoms with Crippen LogP contribution in [-0.2, 0) is 21.4 Å². The molecule has 134 valence electrons. The van der Waals surface area contributed by atoms with Gasteiger partial charge >= 0.3 is 0 Å². The SMILES string of the molecule is Cc1ccc(CN(C)C(=O)CN(c2ccc(Cl)cc2)S(C)(=O)=O)cc1. The lowest BCUT2D eigenvalue weighted by atomic mass is 10.1. The molecule has 0 saturated heterocycles. The molecule has 1 amide bonds. The Balaban J connectivity index is 2.13. The number of aryl methyl sites for hydroxylation is 1. The van der Waals surface area contributed by atoms with E-state index in [9.17, 15) is 13.2 Å². The van der Waals surface area contributed by atoms with Crippen molar-refractivity contribution in [2.24, 2.45) is 0 Å². The number of anilines is 1. The largest absolute Gasteiger partial charge is 0.340 e. The molecular formula is C18H21ClN2O3S. The molecular weight excluding hydrogens is 360 g/mol. The number of carbonyl (C=O) groups excluding carboxylic acids is 1. The second-order valence-electron chi connectivity index (χ2n) is 5.98. The molecule has 0 aliphatic heterocycles. The minimum Gasteiger partial charge on any atom is -0.340 e. The van der Waals surface area contributed by atoms with Gasteiger partial charge in [-0.2, -0.15) is 0 Å². The third-order valence-electron chi connectivity index (χ3n) is 3.76. The monoisotopic (exact) mass is 380 g/mol. The van der Waals surface area contributed by atoms with E-state index in [-0.39, 0.29) is 12.5 Å². The summed E-state index contributed by atoms with van der Waals surface area (Å²) in [5.74, 6) is -0.291. The van der Waals surface area contributed by atoms with Crippen LogP contribution in [0.4, 0.5) is 5.69 Å². The van der Waals surface area contributed by atoms with Gasteiger partial charge in [0.05, 0.1) is 11.9 Å². The van der Waals surface area contributed by atoms with Gasteiger partial charge in [0.15, 0.2) is 0 Å². The van der Waals surface area contributed by atoms with E-state index in [1.54, 1.807) is 31.3 Å². The topological polar surface area (TPSA) is 57.7 Å². The zero-order chi connectivity index (χ0) is 18.6. The van der Waals surface area contributed by atoms with E-state index in [4.69, 9.17) is 11.6 Å². The Labute approximate surface area is 153 Å². The van der Waals surface area contributed by atoms with Gasteiger partial charge < -0.3 is 4.90 Å². The summed E-state index contributed by atoms with van der Waals surface area (Å²) in [6.07, 6.45) is 1.08. The van der Waals surface area contributed by atoms with Crippen LogP contribution in [0.2, 0.25) is 5.02 Å². The summed E-state index contributed by atoms with van der Waals surface area (Å²) in [6.45, 7) is 2.15. The Kier molecular flexibility index (Phi) is 6.08. The number of nitrogens with zero attached hydrogens (tertiary/aromatic N) is 2. The number of hydrogen-bond acceptors (Lipinski definition) is 3. The van der Waals surface area contributed by atoms with Crippen molar-refractivity contribution >= 4 is 33.2 Å². The number of carbonyl (C=O) groups is 1. The van der Waals surface area contributed by atoms with Crippen molar-refractivity contribution < 1.29 is 13.2 Å². The highest BCUT2D eigenvalue weighted by atomic mass is 35.5. The first-order valence-electron chi connectivity index (χ1n) is 7.69. The molecule has 0 fully saturated rings.